The third kappa shape index (κ3) is 3.21. The Labute approximate surface area is 120 Å². The fraction of sp³-hybridized carbons (Fsp3) is 0.222. The molecule has 0 unspecified atom stereocenters. The molecule has 0 saturated heterocycles. The first-order chi connectivity index (χ1) is 9.76. The number of rotatable bonds is 6. The molecule has 0 aliphatic rings. The van der Waals surface area contributed by atoms with Gasteiger partial charge in [-0.1, -0.05) is 42.5 Å². The summed E-state index contributed by atoms with van der Waals surface area (Å²) in [4.78, 5) is 0. The topological polar surface area (TPSA) is 29.5 Å². The first kappa shape index (κ1) is 14.2. The molecule has 104 valence electrons. The maximum Gasteiger partial charge on any atom is 0.163 e. The molecule has 1 N–H and O–H groups in total. The molecule has 0 amide bonds. The summed E-state index contributed by atoms with van der Waals surface area (Å²) in [6.07, 6.45) is 4.41. The van der Waals surface area contributed by atoms with E-state index in [0.29, 0.717) is 5.75 Å². The van der Waals surface area contributed by atoms with Crippen LogP contribution < -0.4 is 4.74 Å². The largest absolute Gasteiger partial charge is 0.504 e. The molecule has 2 aromatic carbocycles. The Morgan fingerprint density at radius 3 is 2.50 bits per heavy atom. The number of allylic oxidation sites excluding steroid dienone is 1. The fourth-order valence-electron chi connectivity index (χ4n) is 2.42. The molecule has 2 rings (SSSR count). The second-order valence-corrected chi connectivity index (χ2v) is 4.73. The molecular formula is C18H20O2. The summed E-state index contributed by atoms with van der Waals surface area (Å²) in [5.41, 5.74) is 3.50. The van der Waals surface area contributed by atoms with Crippen LogP contribution in [0.1, 0.15) is 16.7 Å². The minimum Gasteiger partial charge on any atom is -0.504 e. The van der Waals surface area contributed by atoms with Crippen molar-refractivity contribution in [2.75, 3.05) is 7.11 Å². The highest BCUT2D eigenvalue weighted by Gasteiger charge is 2.13. The van der Waals surface area contributed by atoms with E-state index in [2.05, 4.69) is 18.7 Å². The van der Waals surface area contributed by atoms with Crippen molar-refractivity contribution in [3.63, 3.8) is 0 Å². The third-order valence-electron chi connectivity index (χ3n) is 3.41. The van der Waals surface area contributed by atoms with Gasteiger partial charge in [0.15, 0.2) is 11.5 Å². The number of ether oxygens (including phenoxy) is 1. The van der Waals surface area contributed by atoms with Gasteiger partial charge >= 0.3 is 0 Å². The van der Waals surface area contributed by atoms with Gasteiger partial charge in [-0.3, -0.25) is 0 Å². The lowest BCUT2D eigenvalue weighted by Crippen LogP contribution is -2.01. The van der Waals surface area contributed by atoms with E-state index in [1.165, 1.54) is 5.56 Å². The van der Waals surface area contributed by atoms with Gasteiger partial charge in [0, 0.05) is 5.56 Å². The smallest absolute Gasteiger partial charge is 0.163 e. The van der Waals surface area contributed by atoms with Crippen LogP contribution in [0.25, 0.3) is 0 Å². The molecule has 2 aromatic rings. The van der Waals surface area contributed by atoms with Crippen molar-refractivity contribution >= 4 is 0 Å². The molecule has 20 heavy (non-hydrogen) atoms. The van der Waals surface area contributed by atoms with Crippen molar-refractivity contribution in [1.29, 1.82) is 0 Å². The van der Waals surface area contributed by atoms with Crippen molar-refractivity contribution in [1.82, 2.24) is 0 Å². The van der Waals surface area contributed by atoms with Gasteiger partial charge in [0.05, 0.1) is 7.11 Å². The Morgan fingerprint density at radius 1 is 1.10 bits per heavy atom. The summed E-state index contributed by atoms with van der Waals surface area (Å²) < 4.78 is 5.37. The Morgan fingerprint density at radius 2 is 1.85 bits per heavy atom. The number of benzene rings is 2. The number of phenolic OH excluding ortho intramolecular Hbond substituents is 1. The number of hydrogen-bond donors (Lipinski definition) is 1. The lowest BCUT2D eigenvalue weighted by molar-refractivity contribution is 0.368. The highest BCUT2D eigenvalue weighted by atomic mass is 16.5. The highest BCUT2D eigenvalue weighted by molar-refractivity contribution is 5.51. The molecule has 0 saturated carbocycles. The fourth-order valence-corrected chi connectivity index (χ4v) is 2.42. The lowest BCUT2D eigenvalue weighted by Gasteiger charge is -2.14. The zero-order chi connectivity index (χ0) is 14.4. The molecule has 0 bridgehead atoms. The molecule has 0 radical (unpaired) electrons. The van der Waals surface area contributed by atoms with Gasteiger partial charge in [-0.05, 0) is 36.5 Å². The summed E-state index contributed by atoms with van der Waals surface area (Å²) in [7, 11) is 1.60. The van der Waals surface area contributed by atoms with Crippen LogP contribution in [0, 0.1) is 0 Å². The summed E-state index contributed by atoms with van der Waals surface area (Å²) in [5, 5.41) is 9.93. The third-order valence-corrected chi connectivity index (χ3v) is 3.41. The van der Waals surface area contributed by atoms with Crippen LogP contribution in [0.5, 0.6) is 11.5 Å². The summed E-state index contributed by atoms with van der Waals surface area (Å²) >= 11 is 0. The molecule has 0 heterocycles. The van der Waals surface area contributed by atoms with Crippen LogP contribution in [0.15, 0.2) is 55.1 Å². The van der Waals surface area contributed by atoms with Crippen molar-refractivity contribution in [3.8, 4) is 11.5 Å². The second kappa shape index (κ2) is 6.80. The van der Waals surface area contributed by atoms with E-state index < -0.39 is 0 Å². The number of hydrogen-bond acceptors (Lipinski definition) is 2. The summed E-state index contributed by atoms with van der Waals surface area (Å²) in [6.45, 7) is 3.79. The van der Waals surface area contributed by atoms with Crippen LogP contribution in [0.3, 0.4) is 0 Å². The van der Waals surface area contributed by atoms with Gasteiger partial charge in [-0.2, -0.15) is 0 Å². The minimum absolute atomic E-state index is 0.198. The van der Waals surface area contributed by atoms with E-state index in [4.69, 9.17) is 4.74 Å². The normalized spacial score (nSPS) is 10.2. The second-order valence-electron chi connectivity index (χ2n) is 4.73. The Hall–Kier alpha value is -2.22. The van der Waals surface area contributed by atoms with E-state index in [0.717, 1.165) is 30.4 Å². The van der Waals surface area contributed by atoms with Crippen molar-refractivity contribution < 1.29 is 9.84 Å². The van der Waals surface area contributed by atoms with E-state index in [1.54, 1.807) is 13.2 Å². The summed E-state index contributed by atoms with van der Waals surface area (Å²) in [5.74, 6) is 0.781. The molecule has 0 fully saturated rings. The van der Waals surface area contributed by atoms with Crippen LogP contribution in [0.4, 0.5) is 0 Å². The van der Waals surface area contributed by atoms with E-state index >= 15 is 0 Å². The zero-order valence-electron chi connectivity index (χ0n) is 11.8. The standard InChI is InChI=1S/C18H20O2/c1-3-7-15-11-13-17(19)18(20-2)16(15)12-10-14-8-5-4-6-9-14/h3-6,8-9,11,13,19H,1,7,10,12H2,2H3. The zero-order valence-corrected chi connectivity index (χ0v) is 11.8. The first-order valence-corrected chi connectivity index (χ1v) is 6.78. The minimum atomic E-state index is 0.198. The number of methoxy groups -OCH3 is 1. The Kier molecular flexibility index (Phi) is 4.83. The van der Waals surface area contributed by atoms with Crippen LogP contribution in [-0.2, 0) is 19.3 Å². The van der Waals surface area contributed by atoms with Crippen LogP contribution >= 0.6 is 0 Å². The predicted molar refractivity (Wildman–Crippen MR) is 82.4 cm³/mol. The molecule has 0 aromatic heterocycles. The molecular weight excluding hydrogens is 248 g/mol. The average molecular weight is 268 g/mol. The maximum absolute atomic E-state index is 9.93. The molecule has 2 heteroatoms. The Balaban J connectivity index is 2.28. The van der Waals surface area contributed by atoms with Gasteiger partial charge < -0.3 is 9.84 Å². The van der Waals surface area contributed by atoms with Crippen molar-refractivity contribution in [3.05, 3.63) is 71.8 Å². The van der Waals surface area contributed by atoms with Gasteiger partial charge in [0.2, 0.25) is 0 Å². The SMILES string of the molecule is C=CCc1ccc(O)c(OC)c1CCc1ccccc1. The Bertz CT molecular complexity index is 573. The average Bonchev–Trinajstić information content (AvgIpc) is 2.48. The van der Waals surface area contributed by atoms with Crippen LogP contribution in [0.2, 0.25) is 0 Å². The molecule has 0 spiro atoms. The molecule has 2 nitrogen and oxygen atoms in total. The molecule has 0 atom stereocenters. The van der Waals surface area contributed by atoms with Crippen molar-refractivity contribution in [2.24, 2.45) is 0 Å². The van der Waals surface area contributed by atoms with Gasteiger partial charge in [-0.15, -0.1) is 6.58 Å². The number of aromatic hydroxyl groups is 1. The van der Waals surface area contributed by atoms with E-state index in [1.807, 2.05) is 30.3 Å². The number of aryl methyl sites for hydroxylation is 1. The number of phenols is 1. The molecule has 0 aliphatic heterocycles. The van der Waals surface area contributed by atoms with Crippen LogP contribution in [-0.4, -0.2) is 12.2 Å². The van der Waals surface area contributed by atoms with Gasteiger partial charge in [0.25, 0.3) is 0 Å². The highest BCUT2D eigenvalue weighted by Crippen LogP contribution is 2.33. The monoisotopic (exact) mass is 268 g/mol. The maximum atomic E-state index is 9.93. The molecule has 0 aliphatic carbocycles. The van der Waals surface area contributed by atoms with Gasteiger partial charge in [0.1, 0.15) is 0 Å². The summed E-state index contributed by atoms with van der Waals surface area (Å²) in [6, 6.07) is 14.0. The van der Waals surface area contributed by atoms with E-state index in [-0.39, 0.29) is 5.75 Å². The lowest BCUT2D eigenvalue weighted by atomic mass is 9.96. The predicted octanol–water partition coefficient (Wildman–Crippen LogP) is 3.91. The quantitative estimate of drug-likeness (QED) is 0.805. The van der Waals surface area contributed by atoms with E-state index in [9.17, 15) is 5.11 Å². The van der Waals surface area contributed by atoms with Crippen molar-refractivity contribution in [2.45, 2.75) is 19.3 Å². The van der Waals surface area contributed by atoms with Gasteiger partial charge in [-0.25, -0.2) is 0 Å². The first-order valence-electron chi connectivity index (χ1n) is 6.78.